The van der Waals surface area contributed by atoms with E-state index in [1.165, 1.54) is 12.0 Å². The second-order valence-corrected chi connectivity index (χ2v) is 5.17. The number of hydrogen-bond donors (Lipinski definition) is 1. The molecule has 2 heteroatoms. The Morgan fingerprint density at radius 3 is 2.53 bits per heavy atom. The van der Waals surface area contributed by atoms with Crippen LogP contribution in [0.1, 0.15) is 37.7 Å². The van der Waals surface area contributed by atoms with Gasteiger partial charge in [-0.3, -0.25) is 0 Å². The average molecular weight is 233 g/mol. The summed E-state index contributed by atoms with van der Waals surface area (Å²) in [5.41, 5.74) is 1.43. The topological polar surface area (TPSA) is 23.5 Å². The molecule has 1 N–H and O–H groups in total. The van der Waals surface area contributed by atoms with Crippen molar-refractivity contribution in [1.29, 1.82) is 0 Å². The van der Waals surface area contributed by atoms with E-state index in [0.29, 0.717) is 5.92 Å². The molecule has 1 heterocycles. The zero-order valence-corrected chi connectivity index (χ0v) is 10.7. The number of piperidine rings is 1. The molecule has 0 aromatic heterocycles. The molecule has 0 amide bonds. The summed E-state index contributed by atoms with van der Waals surface area (Å²) in [6.45, 7) is 5.57. The Balaban J connectivity index is 1.75. The van der Waals surface area contributed by atoms with Gasteiger partial charge in [0.25, 0.3) is 0 Å². The molecule has 1 aliphatic heterocycles. The van der Waals surface area contributed by atoms with E-state index < -0.39 is 0 Å². The highest BCUT2D eigenvalue weighted by Crippen LogP contribution is 2.20. The molecule has 94 valence electrons. The van der Waals surface area contributed by atoms with Gasteiger partial charge in [0.2, 0.25) is 0 Å². The predicted octanol–water partition coefficient (Wildman–Crippen LogP) is 2.64. The van der Waals surface area contributed by atoms with Gasteiger partial charge in [0, 0.05) is 13.1 Å². The summed E-state index contributed by atoms with van der Waals surface area (Å²) in [7, 11) is 0. The van der Waals surface area contributed by atoms with Crippen molar-refractivity contribution in [1.82, 2.24) is 4.90 Å². The summed E-state index contributed by atoms with van der Waals surface area (Å²) in [5, 5.41) is 9.46. The van der Waals surface area contributed by atoms with Crippen molar-refractivity contribution in [3.63, 3.8) is 0 Å². The lowest BCUT2D eigenvalue weighted by Crippen LogP contribution is -2.36. The van der Waals surface area contributed by atoms with Crippen LogP contribution in [0.15, 0.2) is 30.3 Å². The van der Waals surface area contributed by atoms with Crippen LogP contribution in [0.3, 0.4) is 0 Å². The standard InChI is InChI=1S/C15H23NO/c1-13(14-5-3-2-4-6-14)7-10-16-11-8-15(17)9-12-16/h2-6,13,15,17H,7-12H2,1H3/t13-/m0/s1. The van der Waals surface area contributed by atoms with Crippen LogP contribution in [0, 0.1) is 0 Å². The summed E-state index contributed by atoms with van der Waals surface area (Å²) in [6.07, 6.45) is 3.04. The summed E-state index contributed by atoms with van der Waals surface area (Å²) in [5.74, 6) is 0.628. The minimum Gasteiger partial charge on any atom is -0.393 e. The number of aliphatic hydroxyl groups is 1. The maximum atomic E-state index is 9.46. The fourth-order valence-corrected chi connectivity index (χ4v) is 2.47. The molecule has 1 saturated heterocycles. The van der Waals surface area contributed by atoms with E-state index in [1.807, 2.05) is 0 Å². The third-order valence-corrected chi connectivity index (χ3v) is 3.80. The van der Waals surface area contributed by atoms with Crippen LogP contribution in [0.2, 0.25) is 0 Å². The molecule has 0 unspecified atom stereocenters. The van der Waals surface area contributed by atoms with Crippen molar-refractivity contribution in [2.24, 2.45) is 0 Å². The first-order valence-corrected chi connectivity index (χ1v) is 6.71. The average Bonchev–Trinajstić information content (AvgIpc) is 2.39. The molecule has 1 aliphatic rings. The predicted molar refractivity (Wildman–Crippen MR) is 71.2 cm³/mol. The van der Waals surface area contributed by atoms with Gasteiger partial charge in [-0.1, -0.05) is 37.3 Å². The molecule has 0 spiro atoms. The van der Waals surface area contributed by atoms with E-state index in [-0.39, 0.29) is 6.10 Å². The summed E-state index contributed by atoms with van der Waals surface area (Å²) in [6, 6.07) is 10.7. The van der Waals surface area contributed by atoms with Gasteiger partial charge >= 0.3 is 0 Å². The molecule has 0 aliphatic carbocycles. The number of aliphatic hydroxyl groups excluding tert-OH is 1. The molecular formula is C15H23NO. The lowest BCUT2D eigenvalue weighted by molar-refractivity contribution is 0.0814. The summed E-state index contributed by atoms with van der Waals surface area (Å²) in [4.78, 5) is 2.48. The summed E-state index contributed by atoms with van der Waals surface area (Å²) < 4.78 is 0. The number of nitrogens with zero attached hydrogens (tertiary/aromatic N) is 1. The molecule has 1 aromatic rings. The molecular weight excluding hydrogens is 210 g/mol. The zero-order valence-electron chi connectivity index (χ0n) is 10.7. The van der Waals surface area contributed by atoms with Gasteiger partial charge in [-0.2, -0.15) is 0 Å². The highest BCUT2D eigenvalue weighted by Gasteiger charge is 2.17. The van der Waals surface area contributed by atoms with Crippen molar-refractivity contribution in [2.45, 2.75) is 38.2 Å². The Morgan fingerprint density at radius 2 is 1.88 bits per heavy atom. The Morgan fingerprint density at radius 1 is 1.24 bits per heavy atom. The molecule has 2 rings (SSSR count). The lowest BCUT2D eigenvalue weighted by Gasteiger charge is -2.30. The van der Waals surface area contributed by atoms with E-state index in [9.17, 15) is 5.11 Å². The maximum absolute atomic E-state index is 9.46. The van der Waals surface area contributed by atoms with E-state index in [0.717, 1.165) is 32.5 Å². The Hall–Kier alpha value is -0.860. The SMILES string of the molecule is C[C@@H](CCN1CCC(O)CC1)c1ccccc1. The van der Waals surface area contributed by atoms with Crippen molar-refractivity contribution in [3.8, 4) is 0 Å². The molecule has 1 fully saturated rings. The van der Waals surface area contributed by atoms with Gasteiger partial charge in [-0.05, 0) is 37.3 Å². The van der Waals surface area contributed by atoms with Gasteiger partial charge in [0.15, 0.2) is 0 Å². The summed E-state index contributed by atoms with van der Waals surface area (Å²) >= 11 is 0. The molecule has 0 saturated carbocycles. The van der Waals surface area contributed by atoms with E-state index in [1.54, 1.807) is 0 Å². The smallest absolute Gasteiger partial charge is 0.0564 e. The van der Waals surface area contributed by atoms with E-state index >= 15 is 0 Å². The van der Waals surface area contributed by atoms with Gasteiger partial charge in [0.05, 0.1) is 6.10 Å². The molecule has 0 radical (unpaired) electrons. The molecule has 0 bridgehead atoms. The minimum atomic E-state index is -0.0576. The van der Waals surface area contributed by atoms with Crippen molar-refractivity contribution in [2.75, 3.05) is 19.6 Å². The fraction of sp³-hybridized carbons (Fsp3) is 0.600. The second-order valence-electron chi connectivity index (χ2n) is 5.17. The monoisotopic (exact) mass is 233 g/mol. The van der Waals surface area contributed by atoms with Crippen molar-refractivity contribution in [3.05, 3.63) is 35.9 Å². The van der Waals surface area contributed by atoms with Crippen molar-refractivity contribution < 1.29 is 5.11 Å². The third kappa shape index (κ3) is 3.83. The number of rotatable bonds is 4. The Kier molecular flexibility index (Phi) is 4.57. The first-order chi connectivity index (χ1) is 8.25. The van der Waals surface area contributed by atoms with Crippen LogP contribution >= 0.6 is 0 Å². The molecule has 1 atom stereocenters. The Bertz CT molecular complexity index is 317. The number of likely N-dealkylation sites (tertiary alicyclic amines) is 1. The lowest BCUT2D eigenvalue weighted by atomic mass is 9.97. The van der Waals surface area contributed by atoms with Crippen LogP contribution in [0.5, 0.6) is 0 Å². The van der Waals surface area contributed by atoms with Gasteiger partial charge in [-0.15, -0.1) is 0 Å². The highest BCUT2D eigenvalue weighted by atomic mass is 16.3. The molecule has 1 aromatic carbocycles. The highest BCUT2D eigenvalue weighted by molar-refractivity contribution is 5.18. The first kappa shape index (κ1) is 12.6. The third-order valence-electron chi connectivity index (χ3n) is 3.80. The fourth-order valence-electron chi connectivity index (χ4n) is 2.47. The molecule has 2 nitrogen and oxygen atoms in total. The van der Waals surface area contributed by atoms with Gasteiger partial charge in [-0.25, -0.2) is 0 Å². The number of benzene rings is 1. The largest absolute Gasteiger partial charge is 0.393 e. The zero-order chi connectivity index (χ0) is 12.1. The second kappa shape index (κ2) is 6.18. The van der Waals surface area contributed by atoms with Crippen LogP contribution in [-0.2, 0) is 0 Å². The molecule has 17 heavy (non-hydrogen) atoms. The Labute approximate surface area is 104 Å². The minimum absolute atomic E-state index is 0.0576. The van der Waals surface area contributed by atoms with Crippen LogP contribution in [0.4, 0.5) is 0 Å². The quantitative estimate of drug-likeness (QED) is 0.864. The van der Waals surface area contributed by atoms with Crippen molar-refractivity contribution >= 4 is 0 Å². The van der Waals surface area contributed by atoms with Gasteiger partial charge < -0.3 is 10.0 Å². The maximum Gasteiger partial charge on any atom is 0.0564 e. The first-order valence-electron chi connectivity index (χ1n) is 6.71. The van der Waals surface area contributed by atoms with Crippen LogP contribution in [0.25, 0.3) is 0 Å². The van der Waals surface area contributed by atoms with Gasteiger partial charge in [0.1, 0.15) is 0 Å². The number of hydrogen-bond acceptors (Lipinski definition) is 2. The van der Waals surface area contributed by atoms with Crippen LogP contribution < -0.4 is 0 Å². The van der Waals surface area contributed by atoms with Crippen LogP contribution in [-0.4, -0.2) is 35.7 Å². The normalized spacial score (nSPS) is 20.4. The van der Waals surface area contributed by atoms with E-state index in [4.69, 9.17) is 0 Å². The van der Waals surface area contributed by atoms with E-state index in [2.05, 4.69) is 42.2 Å².